The number of carbonyl (C=O) groups excluding carboxylic acids is 1. The van der Waals surface area contributed by atoms with E-state index in [1.54, 1.807) is 41.0 Å². The van der Waals surface area contributed by atoms with Crippen LogP contribution in [-0.4, -0.2) is 52.3 Å². The minimum absolute atomic E-state index is 0.105. The van der Waals surface area contributed by atoms with Gasteiger partial charge in [0.25, 0.3) is 5.91 Å². The maximum atomic E-state index is 14.8. The van der Waals surface area contributed by atoms with Crippen molar-refractivity contribution in [2.24, 2.45) is 7.05 Å². The maximum absolute atomic E-state index is 14.8. The number of nitrogens with zero attached hydrogens (tertiary/aromatic N) is 5. The highest BCUT2D eigenvalue weighted by Gasteiger charge is 2.45. The standard InChI is InChI=1S/C24H25ClFN5O2/c1-24(2)21-17(23(32)30(24)4)10-19(16-6-5-15(25)9-18(16)26)28-22(21)31-7-8-33-20(13-31)14-11-27-29(3)12-14/h5-6,9-12,20H,7-8,13H2,1-4H3/t20-/m1/s1. The zero-order valence-electron chi connectivity index (χ0n) is 19.0. The summed E-state index contributed by atoms with van der Waals surface area (Å²) >= 11 is 5.96. The number of anilines is 1. The van der Waals surface area contributed by atoms with Gasteiger partial charge in [0.2, 0.25) is 0 Å². The van der Waals surface area contributed by atoms with E-state index in [-0.39, 0.29) is 12.0 Å². The van der Waals surface area contributed by atoms with E-state index in [2.05, 4.69) is 10.00 Å². The Kier molecular flexibility index (Phi) is 5.17. The minimum Gasteiger partial charge on any atom is -0.370 e. The van der Waals surface area contributed by atoms with Crippen molar-refractivity contribution >= 4 is 23.3 Å². The van der Waals surface area contributed by atoms with Gasteiger partial charge < -0.3 is 14.5 Å². The van der Waals surface area contributed by atoms with Crippen LogP contribution in [0.4, 0.5) is 10.2 Å². The predicted molar refractivity (Wildman–Crippen MR) is 124 cm³/mol. The molecule has 0 aliphatic carbocycles. The number of hydrogen-bond acceptors (Lipinski definition) is 5. The quantitative estimate of drug-likeness (QED) is 0.576. The summed E-state index contributed by atoms with van der Waals surface area (Å²) in [5, 5.41) is 4.57. The number of fused-ring (bicyclic) bond motifs is 1. The lowest BCUT2D eigenvalue weighted by Gasteiger charge is -2.37. The summed E-state index contributed by atoms with van der Waals surface area (Å²) in [6.45, 7) is 5.66. The number of rotatable bonds is 3. The van der Waals surface area contributed by atoms with Gasteiger partial charge in [0.1, 0.15) is 17.7 Å². The van der Waals surface area contributed by atoms with Crippen LogP contribution in [-0.2, 0) is 17.3 Å². The number of pyridine rings is 1. The van der Waals surface area contributed by atoms with Crippen molar-refractivity contribution in [2.75, 3.05) is 31.6 Å². The molecule has 3 aromatic rings. The Labute approximate surface area is 196 Å². The van der Waals surface area contributed by atoms with Crippen LogP contribution in [0.15, 0.2) is 36.7 Å². The number of hydrogen-bond donors (Lipinski definition) is 0. The van der Waals surface area contributed by atoms with Crippen LogP contribution in [0.3, 0.4) is 0 Å². The number of amides is 1. The van der Waals surface area contributed by atoms with Gasteiger partial charge in [-0.2, -0.15) is 5.10 Å². The van der Waals surface area contributed by atoms with Crippen LogP contribution in [0.2, 0.25) is 5.02 Å². The smallest absolute Gasteiger partial charge is 0.254 e. The van der Waals surface area contributed by atoms with E-state index < -0.39 is 11.4 Å². The average Bonchev–Trinajstić information content (AvgIpc) is 3.29. The highest BCUT2D eigenvalue weighted by molar-refractivity contribution is 6.30. The van der Waals surface area contributed by atoms with Crippen LogP contribution in [0, 0.1) is 5.82 Å². The van der Waals surface area contributed by atoms with Gasteiger partial charge >= 0.3 is 0 Å². The molecule has 4 heterocycles. The van der Waals surface area contributed by atoms with Gasteiger partial charge in [-0.3, -0.25) is 9.48 Å². The number of halogens is 2. The van der Waals surface area contributed by atoms with Crippen molar-refractivity contribution in [3.63, 3.8) is 0 Å². The highest BCUT2D eigenvalue weighted by Crippen LogP contribution is 2.45. The van der Waals surface area contributed by atoms with E-state index in [1.807, 2.05) is 27.1 Å². The van der Waals surface area contributed by atoms with Crippen molar-refractivity contribution in [1.82, 2.24) is 19.7 Å². The molecule has 0 saturated carbocycles. The predicted octanol–water partition coefficient (Wildman–Crippen LogP) is 4.17. The summed E-state index contributed by atoms with van der Waals surface area (Å²) in [5.74, 6) is 0.0947. The fraction of sp³-hybridized carbons (Fsp3) is 0.375. The third kappa shape index (κ3) is 3.57. The lowest BCUT2D eigenvalue weighted by atomic mass is 9.92. The van der Waals surface area contributed by atoms with E-state index in [9.17, 15) is 9.18 Å². The second-order valence-electron chi connectivity index (χ2n) is 9.05. The first-order valence-electron chi connectivity index (χ1n) is 10.8. The second kappa shape index (κ2) is 7.81. The highest BCUT2D eigenvalue weighted by atomic mass is 35.5. The molecule has 5 rings (SSSR count). The van der Waals surface area contributed by atoms with Gasteiger partial charge in [-0.25, -0.2) is 9.37 Å². The largest absolute Gasteiger partial charge is 0.370 e. The fourth-order valence-electron chi connectivity index (χ4n) is 4.62. The van der Waals surface area contributed by atoms with Crippen LogP contribution < -0.4 is 4.90 Å². The number of morpholine rings is 1. The Balaban J connectivity index is 1.65. The van der Waals surface area contributed by atoms with Crippen molar-refractivity contribution in [3.05, 3.63) is 64.2 Å². The molecule has 0 N–H and O–H groups in total. The van der Waals surface area contributed by atoms with Crippen LogP contribution >= 0.6 is 11.6 Å². The minimum atomic E-state index is -0.562. The van der Waals surface area contributed by atoms with Gasteiger partial charge in [0.15, 0.2) is 0 Å². The van der Waals surface area contributed by atoms with Crippen LogP contribution in [0.25, 0.3) is 11.3 Å². The zero-order valence-corrected chi connectivity index (χ0v) is 19.7. The number of ether oxygens (including phenoxy) is 1. The van der Waals surface area contributed by atoms with Gasteiger partial charge in [-0.15, -0.1) is 0 Å². The van der Waals surface area contributed by atoms with E-state index in [4.69, 9.17) is 21.3 Å². The molecule has 1 amide bonds. The Bertz CT molecular complexity index is 1260. The first-order valence-corrected chi connectivity index (χ1v) is 11.2. The molecule has 7 nitrogen and oxygen atoms in total. The fourth-order valence-corrected chi connectivity index (χ4v) is 4.78. The first-order chi connectivity index (χ1) is 15.7. The molecule has 33 heavy (non-hydrogen) atoms. The van der Waals surface area contributed by atoms with E-state index in [0.29, 0.717) is 47.4 Å². The molecule has 1 saturated heterocycles. The molecule has 172 valence electrons. The van der Waals surface area contributed by atoms with E-state index in [1.165, 1.54) is 6.07 Å². The van der Waals surface area contributed by atoms with Gasteiger partial charge in [0, 0.05) is 55.1 Å². The van der Waals surface area contributed by atoms with Gasteiger partial charge in [-0.1, -0.05) is 11.6 Å². The summed E-state index contributed by atoms with van der Waals surface area (Å²) < 4.78 is 22.6. The number of benzene rings is 1. The summed E-state index contributed by atoms with van der Waals surface area (Å²) in [6, 6.07) is 6.18. The van der Waals surface area contributed by atoms with Crippen molar-refractivity contribution in [1.29, 1.82) is 0 Å². The normalized spacial score (nSPS) is 19.8. The molecule has 2 aliphatic rings. The molecule has 0 bridgehead atoms. The maximum Gasteiger partial charge on any atom is 0.254 e. The van der Waals surface area contributed by atoms with Crippen LogP contribution in [0.5, 0.6) is 0 Å². The SMILES string of the molecule is CN1C(=O)c2cc(-c3ccc(Cl)cc3F)nc(N3CCO[C@@H](c4cnn(C)c4)C3)c2C1(C)C. The lowest BCUT2D eigenvalue weighted by molar-refractivity contribution is 0.0392. The van der Waals surface area contributed by atoms with Crippen LogP contribution in [0.1, 0.15) is 41.4 Å². The lowest BCUT2D eigenvalue weighted by Crippen LogP contribution is -2.41. The Morgan fingerprint density at radius 3 is 2.70 bits per heavy atom. The summed E-state index contributed by atoms with van der Waals surface area (Å²) in [7, 11) is 3.65. The molecule has 2 aliphatic heterocycles. The molecule has 2 aromatic heterocycles. The number of aryl methyl sites for hydroxylation is 1. The van der Waals surface area contributed by atoms with Crippen molar-refractivity contribution in [2.45, 2.75) is 25.5 Å². The Morgan fingerprint density at radius 1 is 1.21 bits per heavy atom. The van der Waals surface area contributed by atoms with Gasteiger partial charge in [-0.05, 0) is 38.1 Å². The molecule has 9 heteroatoms. The number of aromatic nitrogens is 3. The molecule has 0 radical (unpaired) electrons. The zero-order chi connectivity index (χ0) is 23.5. The molecule has 0 unspecified atom stereocenters. The molecular weight excluding hydrogens is 445 g/mol. The van der Waals surface area contributed by atoms with E-state index >= 15 is 0 Å². The molecular formula is C24H25ClFN5O2. The van der Waals surface area contributed by atoms with Crippen molar-refractivity contribution < 1.29 is 13.9 Å². The van der Waals surface area contributed by atoms with Crippen molar-refractivity contribution in [3.8, 4) is 11.3 Å². The third-order valence-corrected chi connectivity index (χ3v) is 6.89. The summed E-state index contributed by atoms with van der Waals surface area (Å²) in [5.41, 5.74) is 2.52. The monoisotopic (exact) mass is 469 g/mol. The Hall–Kier alpha value is -2.97. The average molecular weight is 470 g/mol. The Morgan fingerprint density at radius 2 is 2.00 bits per heavy atom. The topological polar surface area (TPSA) is 63.5 Å². The molecule has 1 aromatic carbocycles. The molecule has 1 atom stereocenters. The third-order valence-electron chi connectivity index (χ3n) is 6.66. The van der Waals surface area contributed by atoms with E-state index in [0.717, 1.165) is 11.1 Å². The number of carbonyl (C=O) groups is 1. The second-order valence-corrected chi connectivity index (χ2v) is 9.49. The first kappa shape index (κ1) is 21.9. The molecule has 0 spiro atoms. The summed E-state index contributed by atoms with van der Waals surface area (Å²) in [4.78, 5) is 21.9. The molecule has 1 fully saturated rings. The van der Waals surface area contributed by atoms with Gasteiger partial charge in [0.05, 0.1) is 29.6 Å². The summed E-state index contributed by atoms with van der Waals surface area (Å²) in [6.07, 6.45) is 3.55.